The number of aliphatic hydroxyl groups excluding tert-OH is 1. The first-order chi connectivity index (χ1) is 10.7. The first kappa shape index (κ1) is 14.2. The van der Waals surface area contributed by atoms with E-state index in [1.165, 1.54) is 6.20 Å². The Kier molecular flexibility index (Phi) is 3.85. The maximum Gasteiger partial charge on any atom is 0.197 e. The number of carbonyl (C=O) groups excluding carboxylic acids is 1. The number of fused-ring (bicyclic) bond motifs is 1. The first-order valence-corrected chi connectivity index (χ1v) is 6.90. The van der Waals surface area contributed by atoms with E-state index < -0.39 is 6.10 Å². The smallest absolute Gasteiger partial charge is 0.197 e. The van der Waals surface area contributed by atoms with Gasteiger partial charge in [0.15, 0.2) is 5.78 Å². The van der Waals surface area contributed by atoms with Crippen LogP contribution in [0.4, 0.5) is 0 Å². The summed E-state index contributed by atoms with van der Waals surface area (Å²) in [7, 11) is 1.54. The van der Waals surface area contributed by atoms with Gasteiger partial charge in [0.05, 0.1) is 12.6 Å². The van der Waals surface area contributed by atoms with E-state index in [1.54, 1.807) is 37.4 Å². The van der Waals surface area contributed by atoms with Gasteiger partial charge < -0.3 is 9.84 Å². The number of nitrogens with zero attached hydrogens (tertiary/aromatic N) is 1. The number of para-hydroxylation sites is 1. The molecule has 1 heterocycles. The molecule has 110 valence electrons. The van der Waals surface area contributed by atoms with Crippen molar-refractivity contribution < 1.29 is 14.6 Å². The van der Waals surface area contributed by atoms with Crippen molar-refractivity contribution >= 4 is 16.7 Å². The predicted octanol–water partition coefficient (Wildman–Crippen LogP) is 3.16. The predicted molar refractivity (Wildman–Crippen MR) is 84.0 cm³/mol. The van der Waals surface area contributed by atoms with E-state index in [1.807, 2.05) is 24.3 Å². The lowest BCUT2D eigenvalue weighted by Crippen LogP contribution is -2.12. The third kappa shape index (κ3) is 2.69. The number of pyridine rings is 1. The van der Waals surface area contributed by atoms with Crippen LogP contribution in [0, 0.1) is 0 Å². The van der Waals surface area contributed by atoms with Gasteiger partial charge in [-0.25, -0.2) is 0 Å². The molecule has 1 atom stereocenters. The first-order valence-electron chi connectivity index (χ1n) is 6.90. The zero-order valence-corrected chi connectivity index (χ0v) is 12.1. The summed E-state index contributed by atoms with van der Waals surface area (Å²) in [6.07, 6.45) is 0.256. The minimum absolute atomic E-state index is 0.383. The number of Topliss-reactive ketones (excluding diaryl/α,β-unsaturated/α-hetero) is 1. The zero-order valence-electron chi connectivity index (χ0n) is 12.1. The highest BCUT2D eigenvalue weighted by molar-refractivity contribution is 6.01. The summed E-state index contributed by atoms with van der Waals surface area (Å²) in [5.41, 5.74) is 1.70. The molecule has 22 heavy (non-hydrogen) atoms. The zero-order chi connectivity index (χ0) is 15.5. The Morgan fingerprint density at radius 3 is 2.77 bits per heavy atom. The highest BCUT2D eigenvalue weighted by Gasteiger charge is 2.20. The molecule has 4 heteroatoms. The molecule has 1 aromatic heterocycles. The minimum Gasteiger partial charge on any atom is -0.497 e. The maximum atomic E-state index is 12.5. The number of aliphatic hydroxyl groups is 1. The number of ketones is 1. The molecule has 0 bridgehead atoms. The van der Waals surface area contributed by atoms with Gasteiger partial charge in [-0.3, -0.25) is 9.78 Å². The fourth-order valence-corrected chi connectivity index (χ4v) is 2.33. The summed E-state index contributed by atoms with van der Waals surface area (Å²) < 4.78 is 5.11. The van der Waals surface area contributed by atoms with Crippen LogP contribution in [0.1, 0.15) is 22.0 Å². The number of hydrogen-bond acceptors (Lipinski definition) is 4. The van der Waals surface area contributed by atoms with Gasteiger partial charge in [-0.05, 0) is 29.8 Å². The van der Waals surface area contributed by atoms with Crippen LogP contribution in [0.3, 0.4) is 0 Å². The molecule has 0 fully saturated rings. The molecule has 3 aromatic rings. The molecule has 0 aliphatic heterocycles. The Morgan fingerprint density at radius 2 is 1.95 bits per heavy atom. The number of hydrogen-bond donors (Lipinski definition) is 1. The third-order valence-corrected chi connectivity index (χ3v) is 3.53. The molecule has 3 rings (SSSR count). The highest BCUT2D eigenvalue weighted by Crippen LogP contribution is 2.23. The number of carbonyl (C=O) groups is 1. The topological polar surface area (TPSA) is 59.4 Å². The summed E-state index contributed by atoms with van der Waals surface area (Å²) in [6.45, 7) is 0. The van der Waals surface area contributed by atoms with Crippen molar-refractivity contribution in [2.45, 2.75) is 6.10 Å². The van der Waals surface area contributed by atoms with Gasteiger partial charge in [-0.15, -0.1) is 0 Å². The summed E-state index contributed by atoms with van der Waals surface area (Å²) in [5.74, 6) is 0.215. The molecule has 0 aliphatic rings. The Balaban J connectivity index is 1.93. The molecule has 0 spiro atoms. The summed E-state index contributed by atoms with van der Waals surface area (Å²) >= 11 is 0. The van der Waals surface area contributed by atoms with Gasteiger partial charge in [-0.2, -0.15) is 0 Å². The highest BCUT2D eigenvalue weighted by atomic mass is 16.5. The van der Waals surface area contributed by atoms with Gasteiger partial charge in [0, 0.05) is 17.1 Å². The van der Waals surface area contributed by atoms with Crippen LogP contribution < -0.4 is 4.74 Å². The van der Waals surface area contributed by atoms with E-state index in [2.05, 4.69) is 4.98 Å². The SMILES string of the molecule is COc1cccc(C(O)C(=O)c2cnc3ccccc3c2)c1. The van der Waals surface area contributed by atoms with Crippen LogP contribution in [-0.4, -0.2) is 23.0 Å². The monoisotopic (exact) mass is 293 g/mol. The summed E-state index contributed by atoms with van der Waals surface area (Å²) in [6, 6.07) is 16.1. The standard InChI is InChI=1S/C18H15NO3/c1-22-15-7-4-6-13(10-15)17(20)18(21)14-9-12-5-2-3-8-16(12)19-11-14/h2-11,17,20H,1H3. The average Bonchev–Trinajstić information content (AvgIpc) is 2.60. The second-order valence-corrected chi connectivity index (χ2v) is 4.96. The largest absolute Gasteiger partial charge is 0.497 e. The molecule has 4 nitrogen and oxygen atoms in total. The summed E-state index contributed by atoms with van der Waals surface area (Å²) in [4.78, 5) is 16.7. The van der Waals surface area contributed by atoms with Gasteiger partial charge in [0.1, 0.15) is 11.9 Å². The van der Waals surface area contributed by atoms with Crippen molar-refractivity contribution in [3.8, 4) is 5.75 Å². The molecular formula is C18H15NO3. The van der Waals surface area contributed by atoms with Crippen molar-refractivity contribution in [2.24, 2.45) is 0 Å². The Bertz CT molecular complexity index is 829. The number of methoxy groups -OCH3 is 1. The molecule has 1 unspecified atom stereocenters. The van der Waals surface area contributed by atoms with E-state index in [0.29, 0.717) is 16.9 Å². The molecular weight excluding hydrogens is 278 g/mol. The number of rotatable bonds is 4. The molecule has 0 aliphatic carbocycles. The lowest BCUT2D eigenvalue weighted by Gasteiger charge is -2.11. The Morgan fingerprint density at radius 1 is 1.14 bits per heavy atom. The molecule has 2 aromatic carbocycles. The van der Waals surface area contributed by atoms with Gasteiger partial charge in [0.25, 0.3) is 0 Å². The lowest BCUT2D eigenvalue weighted by atomic mass is 10.00. The summed E-state index contributed by atoms with van der Waals surface area (Å²) in [5, 5.41) is 11.2. The van der Waals surface area contributed by atoms with Crippen LogP contribution in [0.2, 0.25) is 0 Å². The maximum absolute atomic E-state index is 12.5. The van der Waals surface area contributed by atoms with Crippen LogP contribution in [0.5, 0.6) is 5.75 Å². The van der Waals surface area contributed by atoms with Crippen molar-refractivity contribution in [3.63, 3.8) is 0 Å². The van der Waals surface area contributed by atoms with Crippen LogP contribution in [-0.2, 0) is 0 Å². The van der Waals surface area contributed by atoms with Crippen molar-refractivity contribution in [2.75, 3.05) is 7.11 Å². The van der Waals surface area contributed by atoms with E-state index >= 15 is 0 Å². The Hall–Kier alpha value is -2.72. The third-order valence-electron chi connectivity index (χ3n) is 3.53. The second kappa shape index (κ2) is 5.95. The van der Waals surface area contributed by atoms with Crippen LogP contribution in [0.25, 0.3) is 10.9 Å². The number of benzene rings is 2. The molecule has 1 N–H and O–H groups in total. The quantitative estimate of drug-likeness (QED) is 0.751. The van der Waals surface area contributed by atoms with Crippen molar-refractivity contribution in [1.82, 2.24) is 4.98 Å². The average molecular weight is 293 g/mol. The molecule has 0 radical (unpaired) electrons. The van der Waals surface area contributed by atoms with Gasteiger partial charge in [-0.1, -0.05) is 30.3 Å². The fraction of sp³-hybridized carbons (Fsp3) is 0.111. The number of aromatic nitrogens is 1. The molecule has 0 amide bonds. The van der Waals surface area contributed by atoms with E-state index in [-0.39, 0.29) is 5.78 Å². The normalized spacial score (nSPS) is 12.1. The molecule has 0 saturated heterocycles. The fourth-order valence-electron chi connectivity index (χ4n) is 2.33. The second-order valence-electron chi connectivity index (χ2n) is 4.96. The minimum atomic E-state index is -1.24. The van der Waals surface area contributed by atoms with E-state index in [0.717, 1.165) is 10.9 Å². The van der Waals surface area contributed by atoms with Crippen molar-refractivity contribution in [3.05, 3.63) is 71.9 Å². The van der Waals surface area contributed by atoms with Crippen LogP contribution >= 0.6 is 0 Å². The lowest BCUT2D eigenvalue weighted by molar-refractivity contribution is 0.0747. The van der Waals surface area contributed by atoms with E-state index in [4.69, 9.17) is 4.74 Å². The van der Waals surface area contributed by atoms with Gasteiger partial charge in [0.2, 0.25) is 0 Å². The Labute approximate surface area is 128 Å². The van der Waals surface area contributed by atoms with Gasteiger partial charge >= 0.3 is 0 Å². The van der Waals surface area contributed by atoms with Crippen molar-refractivity contribution in [1.29, 1.82) is 0 Å². The molecule has 0 saturated carbocycles. The number of ether oxygens (including phenoxy) is 1. The van der Waals surface area contributed by atoms with E-state index in [9.17, 15) is 9.90 Å². The van der Waals surface area contributed by atoms with Crippen LogP contribution in [0.15, 0.2) is 60.8 Å².